The van der Waals surface area contributed by atoms with Gasteiger partial charge in [0.15, 0.2) is 18.1 Å². The van der Waals surface area contributed by atoms with E-state index in [0.29, 0.717) is 30.3 Å². The summed E-state index contributed by atoms with van der Waals surface area (Å²) in [5.41, 5.74) is 3.31. The van der Waals surface area contributed by atoms with Crippen LogP contribution in [0.2, 0.25) is 0 Å². The lowest BCUT2D eigenvalue weighted by atomic mass is 9.95. The molecule has 3 rings (SSSR count). The minimum atomic E-state index is -0.507. The Labute approximate surface area is 171 Å². The molecule has 0 radical (unpaired) electrons. The zero-order chi connectivity index (χ0) is 21.0. The van der Waals surface area contributed by atoms with Gasteiger partial charge in [-0.15, -0.1) is 0 Å². The zero-order valence-electron chi connectivity index (χ0n) is 17.3. The topological polar surface area (TPSA) is 73.9 Å². The lowest BCUT2D eigenvalue weighted by Gasteiger charge is -2.25. The molecule has 1 amide bonds. The summed E-state index contributed by atoms with van der Waals surface area (Å²) >= 11 is 0. The number of carbonyl (C=O) groups excluding carboxylic acids is 2. The standard InChI is InChI=1S/C23H27NO5/c1-14(2)22(17-5-6-19-20(12-17)28-8-7-27-19)24-21(25)13-29-23(26)18-10-15(3)9-16(4)11-18/h5-6,9-12,14,22H,7-8,13H2,1-4H3,(H,24,25)/t22-/m1/s1. The number of carbonyl (C=O) groups is 2. The van der Waals surface area contributed by atoms with E-state index in [-0.39, 0.29) is 24.5 Å². The highest BCUT2D eigenvalue weighted by atomic mass is 16.6. The average Bonchev–Trinajstić information content (AvgIpc) is 2.69. The summed E-state index contributed by atoms with van der Waals surface area (Å²) in [4.78, 5) is 24.7. The van der Waals surface area contributed by atoms with Gasteiger partial charge in [-0.1, -0.05) is 37.1 Å². The molecule has 0 saturated carbocycles. The number of esters is 1. The van der Waals surface area contributed by atoms with Gasteiger partial charge in [-0.3, -0.25) is 4.79 Å². The van der Waals surface area contributed by atoms with Crippen LogP contribution >= 0.6 is 0 Å². The molecular weight excluding hydrogens is 370 g/mol. The van der Waals surface area contributed by atoms with Crippen molar-refractivity contribution in [3.05, 3.63) is 58.7 Å². The van der Waals surface area contributed by atoms with E-state index < -0.39 is 5.97 Å². The molecular formula is C23H27NO5. The summed E-state index contributed by atoms with van der Waals surface area (Å²) in [6, 6.07) is 10.9. The molecule has 0 bridgehead atoms. The first-order valence-electron chi connectivity index (χ1n) is 9.78. The molecule has 0 aliphatic carbocycles. The number of aryl methyl sites for hydroxylation is 2. The fraction of sp³-hybridized carbons (Fsp3) is 0.391. The van der Waals surface area contributed by atoms with Crippen LogP contribution < -0.4 is 14.8 Å². The van der Waals surface area contributed by atoms with Crippen molar-refractivity contribution in [2.45, 2.75) is 33.7 Å². The maximum Gasteiger partial charge on any atom is 0.338 e. The number of nitrogens with one attached hydrogen (secondary N) is 1. The third-order valence-corrected chi connectivity index (χ3v) is 4.70. The normalized spacial score (nSPS) is 13.7. The predicted octanol–water partition coefficient (Wildman–Crippen LogP) is 3.74. The molecule has 2 aromatic carbocycles. The van der Waals surface area contributed by atoms with E-state index in [1.165, 1.54) is 0 Å². The second kappa shape index (κ2) is 8.99. The van der Waals surface area contributed by atoms with E-state index in [1.807, 2.05) is 52.0 Å². The fourth-order valence-corrected chi connectivity index (χ4v) is 3.41. The monoisotopic (exact) mass is 397 g/mol. The minimum absolute atomic E-state index is 0.136. The van der Waals surface area contributed by atoms with E-state index in [1.54, 1.807) is 12.1 Å². The van der Waals surface area contributed by atoms with Crippen molar-refractivity contribution in [1.82, 2.24) is 5.32 Å². The van der Waals surface area contributed by atoms with Gasteiger partial charge in [-0.2, -0.15) is 0 Å². The molecule has 2 aromatic rings. The first kappa shape index (κ1) is 20.7. The molecule has 154 valence electrons. The summed E-state index contributed by atoms with van der Waals surface area (Å²) in [7, 11) is 0. The van der Waals surface area contributed by atoms with Gasteiger partial charge in [0.2, 0.25) is 0 Å². The number of rotatable bonds is 6. The number of hydrogen-bond acceptors (Lipinski definition) is 5. The third kappa shape index (κ3) is 5.28. The molecule has 0 saturated heterocycles. The minimum Gasteiger partial charge on any atom is -0.486 e. The van der Waals surface area contributed by atoms with E-state index in [9.17, 15) is 9.59 Å². The van der Waals surface area contributed by atoms with Gasteiger partial charge < -0.3 is 19.5 Å². The van der Waals surface area contributed by atoms with Crippen LogP contribution in [0.3, 0.4) is 0 Å². The fourth-order valence-electron chi connectivity index (χ4n) is 3.41. The van der Waals surface area contributed by atoms with Crippen molar-refractivity contribution in [3.8, 4) is 11.5 Å². The van der Waals surface area contributed by atoms with Crippen LogP contribution in [-0.4, -0.2) is 31.7 Å². The van der Waals surface area contributed by atoms with Crippen molar-refractivity contribution in [2.24, 2.45) is 5.92 Å². The van der Waals surface area contributed by atoms with Crippen LogP contribution in [0.5, 0.6) is 11.5 Å². The second-order valence-electron chi connectivity index (χ2n) is 7.64. The van der Waals surface area contributed by atoms with E-state index in [0.717, 1.165) is 16.7 Å². The van der Waals surface area contributed by atoms with Gasteiger partial charge in [0.25, 0.3) is 5.91 Å². The Balaban J connectivity index is 1.63. The molecule has 0 aromatic heterocycles. The summed E-state index contributed by atoms with van der Waals surface area (Å²) < 4.78 is 16.4. The van der Waals surface area contributed by atoms with Gasteiger partial charge in [0, 0.05) is 0 Å². The number of hydrogen-bond donors (Lipinski definition) is 1. The molecule has 0 spiro atoms. The quantitative estimate of drug-likeness (QED) is 0.752. The molecule has 1 N–H and O–H groups in total. The maximum atomic E-state index is 12.4. The van der Waals surface area contributed by atoms with Gasteiger partial charge >= 0.3 is 5.97 Å². The van der Waals surface area contributed by atoms with Crippen LogP contribution in [0.4, 0.5) is 0 Å². The first-order chi connectivity index (χ1) is 13.8. The summed E-state index contributed by atoms with van der Waals surface area (Å²) in [6.45, 7) is 8.56. The molecule has 1 heterocycles. The molecule has 1 aliphatic rings. The second-order valence-corrected chi connectivity index (χ2v) is 7.64. The molecule has 6 nitrogen and oxygen atoms in total. The average molecular weight is 397 g/mol. The van der Waals surface area contributed by atoms with Gasteiger partial charge in [0.1, 0.15) is 13.2 Å². The third-order valence-electron chi connectivity index (χ3n) is 4.70. The highest BCUT2D eigenvalue weighted by molar-refractivity contribution is 5.91. The van der Waals surface area contributed by atoms with Gasteiger partial charge in [-0.05, 0) is 49.6 Å². The Morgan fingerprint density at radius 3 is 2.31 bits per heavy atom. The molecule has 1 atom stereocenters. The lowest BCUT2D eigenvalue weighted by Crippen LogP contribution is -2.35. The van der Waals surface area contributed by atoms with Crippen molar-refractivity contribution in [3.63, 3.8) is 0 Å². The van der Waals surface area contributed by atoms with Gasteiger partial charge in [-0.25, -0.2) is 4.79 Å². The summed E-state index contributed by atoms with van der Waals surface area (Å²) in [5, 5.41) is 2.96. The number of fused-ring (bicyclic) bond motifs is 1. The van der Waals surface area contributed by atoms with Crippen LogP contribution in [0, 0.1) is 19.8 Å². The predicted molar refractivity (Wildman–Crippen MR) is 109 cm³/mol. The Hall–Kier alpha value is -3.02. The first-order valence-corrected chi connectivity index (χ1v) is 9.78. The molecule has 6 heteroatoms. The Kier molecular flexibility index (Phi) is 6.42. The van der Waals surface area contributed by atoms with Crippen molar-refractivity contribution >= 4 is 11.9 Å². The SMILES string of the molecule is Cc1cc(C)cc(C(=O)OCC(=O)N[C@@H](c2ccc3c(c2)OCCO3)C(C)C)c1. The highest BCUT2D eigenvalue weighted by Crippen LogP contribution is 2.34. The highest BCUT2D eigenvalue weighted by Gasteiger charge is 2.22. The van der Waals surface area contributed by atoms with Crippen LogP contribution in [0.25, 0.3) is 0 Å². The van der Waals surface area contributed by atoms with E-state index >= 15 is 0 Å². The number of benzene rings is 2. The molecule has 0 fully saturated rings. The van der Waals surface area contributed by atoms with Crippen LogP contribution in [0.15, 0.2) is 36.4 Å². The maximum absolute atomic E-state index is 12.4. The zero-order valence-corrected chi connectivity index (χ0v) is 17.3. The number of ether oxygens (including phenoxy) is 3. The number of amides is 1. The Bertz CT molecular complexity index is 886. The summed E-state index contributed by atoms with van der Waals surface area (Å²) in [6.07, 6.45) is 0. The summed E-state index contributed by atoms with van der Waals surface area (Å²) in [5.74, 6) is 0.659. The van der Waals surface area contributed by atoms with Crippen LogP contribution in [0.1, 0.15) is 46.9 Å². The molecule has 1 aliphatic heterocycles. The van der Waals surface area contributed by atoms with E-state index in [2.05, 4.69) is 5.32 Å². The molecule has 29 heavy (non-hydrogen) atoms. The Morgan fingerprint density at radius 2 is 1.66 bits per heavy atom. The largest absolute Gasteiger partial charge is 0.486 e. The molecule has 0 unspecified atom stereocenters. The van der Waals surface area contributed by atoms with E-state index in [4.69, 9.17) is 14.2 Å². The van der Waals surface area contributed by atoms with Crippen molar-refractivity contribution in [1.29, 1.82) is 0 Å². The van der Waals surface area contributed by atoms with Crippen molar-refractivity contribution < 1.29 is 23.8 Å². The smallest absolute Gasteiger partial charge is 0.338 e. The van der Waals surface area contributed by atoms with Crippen LogP contribution in [-0.2, 0) is 9.53 Å². The lowest BCUT2D eigenvalue weighted by molar-refractivity contribution is -0.125. The Morgan fingerprint density at radius 1 is 1.00 bits per heavy atom. The van der Waals surface area contributed by atoms with Gasteiger partial charge in [0.05, 0.1) is 11.6 Å². The van der Waals surface area contributed by atoms with Crippen molar-refractivity contribution in [2.75, 3.05) is 19.8 Å².